The number of benzene rings is 1. The molecule has 2 N–H and O–H groups in total. The van der Waals surface area contributed by atoms with E-state index in [1.54, 1.807) is 12.1 Å². The quantitative estimate of drug-likeness (QED) is 0.814. The van der Waals surface area contributed by atoms with Gasteiger partial charge in [-0.3, -0.25) is 4.79 Å². The third-order valence-electron chi connectivity index (χ3n) is 4.54. The lowest BCUT2D eigenvalue weighted by Crippen LogP contribution is -2.51. The van der Waals surface area contributed by atoms with E-state index in [4.69, 9.17) is 0 Å². The van der Waals surface area contributed by atoms with Crippen LogP contribution in [0.15, 0.2) is 29.2 Å². The summed E-state index contributed by atoms with van der Waals surface area (Å²) in [5.41, 5.74) is 0.478. The highest BCUT2D eigenvalue weighted by Gasteiger charge is 2.24. The van der Waals surface area contributed by atoms with Crippen LogP contribution in [0.25, 0.3) is 0 Å². The molecule has 2 rings (SSSR count). The van der Waals surface area contributed by atoms with Crippen LogP contribution in [0.2, 0.25) is 0 Å². The second kappa shape index (κ2) is 8.09. The van der Waals surface area contributed by atoms with Crippen molar-refractivity contribution in [2.75, 3.05) is 19.6 Å². The Morgan fingerprint density at radius 2 is 1.88 bits per heavy atom. The summed E-state index contributed by atoms with van der Waals surface area (Å²) in [5.74, 6) is -0.165. The SMILES string of the molecule is CCN(CC)S(=O)(=O)c1ccc(C(=O)NC2CCCNC2C)cc1. The van der Waals surface area contributed by atoms with Crippen molar-refractivity contribution < 1.29 is 13.2 Å². The minimum absolute atomic E-state index is 0.102. The van der Waals surface area contributed by atoms with E-state index in [1.807, 2.05) is 13.8 Å². The lowest BCUT2D eigenvalue weighted by atomic mass is 9.99. The smallest absolute Gasteiger partial charge is 0.251 e. The van der Waals surface area contributed by atoms with Crippen molar-refractivity contribution in [2.24, 2.45) is 0 Å². The van der Waals surface area contributed by atoms with E-state index in [9.17, 15) is 13.2 Å². The Bertz CT molecular complexity index is 654. The van der Waals surface area contributed by atoms with Crippen LogP contribution >= 0.6 is 0 Å². The van der Waals surface area contributed by atoms with Gasteiger partial charge in [-0.2, -0.15) is 4.31 Å². The predicted octanol–water partition coefficient (Wildman–Crippen LogP) is 1.59. The van der Waals surface area contributed by atoms with Gasteiger partial charge < -0.3 is 10.6 Å². The van der Waals surface area contributed by atoms with Gasteiger partial charge in [0.05, 0.1) is 4.90 Å². The summed E-state index contributed by atoms with van der Waals surface area (Å²) in [6.45, 7) is 7.50. The molecule has 1 fully saturated rings. The maximum Gasteiger partial charge on any atom is 0.251 e. The fourth-order valence-electron chi connectivity index (χ4n) is 2.98. The van der Waals surface area contributed by atoms with Crippen LogP contribution in [-0.4, -0.2) is 50.3 Å². The lowest BCUT2D eigenvalue weighted by Gasteiger charge is -2.30. The first kappa shape index (κ1) is 18.9. The monoisotopic (exact) mass is 353 g/mol. The summed E-state index contributed by atoms with van der Waals surface area (Å²) in [4.78, 5) is 12.6. The van der Waals surface area contributed by atoms with Gasteiger partial charge in [0.2, 0.25) is 10.0 Å². The molecular weight excluding hydrogens is 326 g/mol. The minimum atomic E-state index is -3.49. The molecule has 1 aliphatic heterocycles. The van der Waals surface area contributed by atoms with Gasteiger partial charge in [0, 0.05) is 30.7 Å². The maximum atomic E-state index is 12.5. The Morgan fingerprint density at radius 3 is 2.42 bits per heavy atom. The van der Waals surface area contributed by atoms with Gasteiger partial charge in [0.25, 0.3) is 5.91 Å². The molecule has 1 saturated heterocycles. The summed E-state index contributed by atoms with van der Waals surface area (Å²) in [7, 11) is -3.49. The van der Waals surface area contributed by atoms with Crippen LogP contribution in [0.4, 0.5) is 0 Å². The fraction of sp³-hybridized carbons (Fsp3) is 0.588. The van der Waals surface area contributed by atoms with Crippen molar-refractivity contribution >= 4 is 15.9 Å². The number of sulfonamides is 1. The topological polar surface area (TPSA) is 78.5 Å². The van der Waals surface area contributed by atoms with E-state index in [-0.39, 0.29) is 22.9 Å². The second-order valence-electron chi connectivity index (χ2n) is 6.08. The number of nitrogens with one attached hydrogen (secondary N) is 2. The van der Waals surface area contributed by atoms with Crippen molar-refractivity contribution in [1.29, 1.82) is 0 Å². The van der Waals surface area contributed by atoms with E-state index < -0.39 is 10.0 Å². The van der Waals surface area contributed by atoms with Crippen LogP contribution in [-0.2, 0) is 10.0 Å². The molecule has 24 heavy (non-hydrogen) atoms. The standard InChI is InChI=1S/C17H27N3O3S/c1-4-20(5-2)24(22,23)15-10-8-14(9-11-15)17(21)19-16-7-6-12-18-13(16)3/h8-11,13,16,18H,4-7,12H2,1-3H3,(H,19,21). The molecule has 0 spiro atoms. The van der Waals surface area contributed by atoms with Gasteiger partial charge in [-0.25, -0.2) is 8.42 Å². The van der Waals surface area contributed by atoms with Gasteiger partial charge in [-0.15, -0.1) is 0 Å². The molecule has 0 radical (unpaired) electrons. The van der Waals surface area contributed by atoms with Gasteiger partial charge in [-0.1, -0.05) is 13.8 Å². The molecule has 2 atom stereocenters. The van der Waals surface area contributed by atoms with E-state index in [2.05, 4.69) is 17.6 Å². The first-order chi connectivity index (χ1) is 11.4. The van der Waals surface area contributed by atoms with Gasteiger partial charge in [0.1, 0.15) is 0 Å². The highest BCUT2D eigenvalue weighted by Crippen LogP contribution is 2.17. The molecule has 134 valence electrons. The molecule has 1 aliphatic rings. The Morgan fingerprint density at radius 1 is 1.25 bits per heavy atom. The zero-order valence-corrected chi connectivity index (χ0v) is 15.4. The number of nitrogens with zero attached hydrogens (tertiary/aromatic N) is 1. The van der Waals surface area contributed by atoms with Crippen LogP contribution in [0.5, 0.6) is 0 Å². The normalized spacial score (nSPS) is 21.7. The minimum Gasteiger partial charge on any atom is -0.348 e. The van der Waals surface area contributed by atoms with Crippen molar-refractivity contribution in [3.63, 3.8) is 0 Å². The Labute approximate surface area is 144 Å². The Balaban J connectivity index is 2.10. The van der Waals surface area contributed by atoms with Gasteiger partial charge in [0.15, 0.2) is 0 Å². The maximum absolute atomic E-state index is 12.5. The molecule has 1 aromatic carbocycles. The van der Waals surface area contributed by atoms with Gasteiger partial charge in [-0.05, 0) is 50.6 Å². The van der Waals surface area contributed by atoms with Gasteiger partial charge >= 0.3 is 0 Å². The summed E-state index contributed by atoms with van der Waals surface area (Å²) >= 11 is 0. The Kier molecular flexibility index (Phi) is 6.37. The molecule has 0 bridgehead atoms. The molecule has 7 heteroatoms. The van der Waals surface area contributed by atoms with E-state index in [1.165, 1.54) is 16.4 Å². The fourth-order valence-corrected chi connectivity index (χ4v) is 4.44. The molecule has 1 heterocycles. The summed E-state index contributed by atoms with van der Waals surface area (Å²) in [6.07, 6.45) is 1.99. The molecule has 1 amide bonds. The van der Waals surface area contributed by atoms with E-state index >= 15 is 0 Å². The highest BCUT2D eigenvalue weighted by atomic mass is 32.2. The number of piperidine rings is 1. The van der Waals surface area contributed by atoms with Crippen LogP contribution in [0.1, 0.15) is 44.0 Å². The second-order valence-corrected chi connectivity index (χ2v) is 8.02. The molecular formula is C17H27N3O3S. The van der Waals surface area contributed by atoms with Crippen LogP contribution in [0.3, 0.4) is 0 Å². The highest BCUT2D eigenvalue weighted by molar-refractivity contribution is 7.89. The van der Waals surface area contributed by atoms with E-state index in [0.29, 0.717) is 18.7 Å². The van der Waals surface area contributed by atoms with Crippen molar-refractivity contribution in [2.45, 2.75) is 50.6 Å². The molecule has 2 unspecified atom stereocenters. The first-order valence-corrected chi connectivity index (χ1v) is 9.98. The molecule has 0 aromatic heterocycles. The summed E-state index contributed by atoms with van der Waals surface area (Å²) < 4.78 is 26.3. The third-order valence-corrected chi connectivity index (χ3v) is 6.60. The van der Waals surface area contributed by atoms with Crippen LogP contribution < -0.4 is 10.6 Å². The zero-order chi connectivity index (χ0) is 17.7. The largest absolute Gasteiger partial charge is 0.348 e. The number of hydrogen-bond donors (Lipinski definition) is 2. The predicted molar refractivity (Wildman–Crippen MR) is 94.5 cm³/mol. The first-order valence-electron chi connectivity index (χ1n) is 8.54. The number of carbonyl (C=O) groups excluding carboxylic acids is 1. The zero-order valence-electron chi connectivity index (χ0n) is 14.6. The molecule has 0 aliphatic carbocycles. The van der Waals surface area contributed by atoms with E-state index in [0.717, 1.165) is 19.4 Å². The number of carbonyl (C=O) groups is 1. The number of amides is 1. The average Bonchev–Trinajstić information content (AvgIpc) is 2.58. The summed E-state index contributed by atoms with van der Waals surface area (Å²) in [6, 6.07) is 6.51. The lowest BCUT2D eigenvalue weighted by molar-refractivity contribution is 0.0919. The Hall–Kier alpha value is -1.44. The summed E-state index contributed by atoms with van der Waals surface area (Å²) in [5, 5.41) is 6.37. The number of hydrogen-bond acceptors (Lipinski definition) is 4. The van der Waals surface area contributed by atoms with Crippen molar-refractivity contribution in [1.82, 2.24) is 14.9 Å². The van der Waals surface area contributed by atoms with Crippen LogP contribution in [0, 0.1) is 0 Å². The average molecular weight is 353 g/mol. The van der Waals surface area contributed by atoms with Crippen molar-refractivity contribution in [3.05, 3.63) is 29.8 Å². The van der Waals surface area contributed by atoms with Crippen molar-refractivity contribution in [3.8, 4) is 0 Å². The molecule has 1 aromatic rings. The number of rotatable bonds is 6. The third kappa shape index (κ3) is 4.15. The molecule has 0 saturated carbocycles. The molecule has 6 nitrogen and oxygen atoms in total.